The van der Waals surface area contributed by atoms with Crippen molar-refractivity contribution < 1.29 is 9.72 Å². The molecule has 0 fully saturated rings. The molecule has 1 aromatic rings. The highest BCUT2D eigenvalue weighted by atomic mass is 16.6. The Labute approximate surface area is 146 Å². The molecule has 0 spiro atoms. The molecule has 0 saturated heterocycles. The molecule has 1 heterocycles. The van der Waals surface area contributed by atoms with Gasteiger partial charge in [-0.25, -0.2) is 0 Å². The molecule has 1 aliphatic heterocycles. The number of nitro benzene ring substituents is 1. The highest BCUT2D eigenvalue weighted by Gasteiger charge is 2.44. The van der Waals surface area contributed by atoms with Gasteiger partial charge in [-0.3, -0.25) is 19.9 Å². The van der Waals surface area contributed by atoms with Gasteiger partial charge in [0.15, 0.2) is 5.78 Å². The number of hydrogen-bond acceptors (Lipinski definition) is 5. The lowest BCUT2D eigenvalue weighted by Gasteiger charge is -2.37. The fraction of sp³-hybridized carbons (Fsp3) is 0.421. The standard InChI is InChI=1S/C19H19N3O3/c1-11-13(10-20)17(12-6-4-5-7-15(12)22(24)25)18-14(21-11)8-19(2,3)9-16(18)23/h4-7,13,17H,8-9H2,1-3H3/t13?,17-/m1/s1. The minimum Gasteiger partial charge on any atom is -0.294 e. The Hall–Kier alpha value is -2.81. The van der Waals surface area contributed by atoms with E-state index >= 15 is 0 Å². The summed E-state index contributed by atoms with van der Waals surface area (Å²) in [6, 6.07) is 8.56. The summed E-state index contributed by atoms with van der Waals surface area (Å²) in [5.74, 6) is -1.38. The van der Waals surface area contributed by atoms with Crippen molar-refractivity contribution in [2.45, 2.75) is 39.5 Å². The maximum Gasteiger partial charge on any atom is 0.273 e. The minimum absolute atomic E-state index is 0.0630. The van der Waals surface area contributed by atoms with E-state index in [1.165, 1.54) is 6.07 Å². The summed E-state index contributed by atoms with van der Waals surface area (Å²) in [5, 5.41) is 21.1. The van der Waals surface area contributed by atoms with Gasteiger partial charge < -0.3 is 0 Å². The molecule has 2 atom stereocenters. The first-order valence-corrected chi connectivity index (χ1v) is 8.19. The molecular weight excluding hydrogens is 318 g/mol. The van der Waals surface area contributed by atoms with Gasteiger partial charge >= 0.3 is 0 Å². The summed E-state index contributed by atoms with van der Waals surface area (Å²) in [5.41, 5.74) is 1.90. The Morgan fingerprint density at radius 1 is 1.32 bits per heavy atom. The lowest BCUT2D eigenvalue weighted by atomic mass is 9.67. The number of benzene rings is 1. The third-order valence-corrected chi connectivity index (χ3v) is 4.91. The van der Waals surface area contributed by atoms with E-state index in [0.717, 1.165) is 0 Å². The van der Waals surface area contributed by atoms with Gasteiger partial charge in [0.1, 0.15) is 0 Å². The quantitative estimate of drug-likeness (QED) is 0.603. The number of ketones is 1. The van der Waals surface area contributed by atoms with E-state index in [-0.39, 0.29) is 16.9 Å². The van der Waals surface area contributed by atoms with Gasteiger partial charge in [0, 0.05) is 41.0 Å². The van der Waals surface area contributed by atoms with Gasteiger partial charge in [0.25, 0.3) is 5.69 Å². The van der Waals surface area contributed by atoms with Crippen molar-refractivity contribution in [3.05, 3.63) is 51.2 Å². The van der Waals surface area contributed by atoms with Crippen molar-refractivity contribution in [2.24, 2.45) is 16.3 Å². The van der Waals surface area contributed by atoms with Gasteiger partial charge in [-0.2, -0.15) is 5.26 Å². The second kappa shape index (κ2) is 5.92. The number of allylic oxidation sites excluding steroid dienone is 2. The first-order valence-electron chi connectivity index (χ1n) is 8.19. The fourth-order valence-corrected chi connectivity index (χ4v) is 3.86. The molecule has 0 bridgehead atoms. The molecular formula is C19H19N3O3. The minimum atomic E-state index is -0.676. The number of hydrogen-bond donors (Lipinski definition) is 0. The summed E-state index contributed by atoms with van der Waals surface area (Å²) in [6.45, 7) is 5.78. The lowest BCUT2D eigenvalue weighted by Crippen LogP contribution is -2.35. The Kier molecular flexibility index (Phi) is 4.03. The topological polar surface area (TPSA) is 96.4 Å². The van der Waals surface area contributed by atoms with Crippen LogP contribution in [-0.4, -0.2) is 16.4 Å². The van der Waals surface area contributed by atoms with Crippen LogP contribution in [0.1, 0.15) is 45.1 Å². The van der Waals surface area contributed by atoms with Crippen LogP contribution in [-0.2, 0) is 4.79 Å². The summed E-state index contributed by atoms with van der Waals surface area (Å²) in [6.07, 6.45) is 0.983. The average molecular weight is 337 g/mol. The van der Waals surface area contributed by atoms with Crippen LogP contribution in [0.15, 0.2) is 40.5 Å². The highest BCUT2D eigenvalue weighted by molar-refractivity contribution is 6.03. The second-order valence-electron chi connectivity index (χ2n) is 7.45. The maximum atomic E-state index is 12.9. The molecule has 128 valence electrons. The van der Waals surface area contributed by atoms with Crippen LogP contribution in [0.4, 0.5) is 5.69 Å². The monoisotopic (exact) mass is 337 g/mol. The fourth-order valence-electron chi connectivity index (χ4n) is 3.86. The molecule has 6 heteroatoms. The van der Waals surface area contributed by atoms with E-state index in [9.17, 15) is 20.2 Å². The Balaban J connectivity index is 2.25. The molecule has 0 aromatic heterocycles. The highest BCUT2D eigenvalue weighted by Crippen LogP contribution is 2.48. The van der Waals surface area contributed by atoms with Crippen LogP contribution in [0, 0.1) is 32.8 Å². The third-order valence-electron chi connectivity index (χ3n) is 4.91. The second-order valence-corrected chi connectivity index (χ2v) is 7.45. The van der Waals surface area contributed by atoms with Crippen molar-refractivity contribution in [3.8, 4) is 6.07 Å². The number of para-hydroxylation sites is 1. The largest absolute Gasteiger partial charge is 0.294 e. The lowest BCUT2D eigenvalue weighted by molar-refractivity contribution is -0.385. The number of aliphatic imine (C=N–C) groups is 1. The van der Waals surface area contributed by atoms with E-state index < -0.39 is 16.8 Å². The average Bonchev–Trinajstić information content (AvgIpc) is 2.52. The molecule has 0 saturated carbocycles. The van der Waals surface area contributed by atoms with Gasteiger partial charge in [-0.15, -0.1) is 0 Å². The number of carbonyl (C=O) groups excluding carboxylic acids is 1. The van der Waals surface area contributed by atoms with E-state index in [2.05, 4.69) is 11.1 Å². The molecule has 3 rings (SSSR count). The summed E-state index contributed by atoms with van der Waals surface area (Å²) in [7, 11) is 0. The SMILES string of the molecule is CC1=NC2=C(C(=O)CC(C)(C)C2)[C@H](c2ccccc2[N+](=O)[O-])C1C#N. The molecule has 25 heavy (non-hydrogen) atoms. The van der Waals surface area contributed by atoms with Gasteiger partial charge in [-0.05, 0) is 18.8 Å². The van der Waals surface area contributed by atoms with Gasteiger partial charge in [0.2, 0.25) is 0 Å². The van der Waals surface area contributed by atoms with E-state index in [1.54, 1.807) is 25.1 Å². The summed E-state index contributed by atoms with van der Waals surface area (Å²) in [4.78, 5) is 28.4. The number of carbonyl (C=O) groups is 1. The zero-order valence-corrected chi connectivity index (χ0v) is 14.4. The van der Waals surface area contributed by atoms with Crippen LogP contribution in [0.25, 0.3) is 0 Å². The Morgan fingerprint density at radius 3 is 2.64 bits per heavy atom. The van der Waals surface area contributed by atoms with Gasteiger partial charge in [-0.1, -0.05) is 32.0 Å². The Bertz CT molecular complexity index is 874. The molecule has 6 nitrogen and oxygen atoms in total. The first-order chi connectivity index (χ1) is 11.7. The molecule has 0 N–H and O–H groups in total. The molecule has 1 aliphatic carbocycles. The van der Waals surface area contributed by atoms with Crippen molar-refractivity contribution >= 4 is 17.2 Å². The third kappa shape index (κ3) is 2.86. The van der Waals surface area contributed by atoms with Crippen molar-refractivity contribution in [1.29, 1.82) is 5.26 Å². The van der Waals surface area contributed by atoms with E-state index in [0.29, 0.717) is 35.4 Å². The van der Waals surface area contributed by atoms with E-state index in [4.69, 9.17) is 0 Å². The first kappa shape index (κ1) is 17.0. The molecule has 1 unspecified atom stereocenters. The van der Waals surface area contributed by atoms with Crippen LogP contribution in [0.3, 0.4) is 0 Å². The molecule has 1 aromatic carbocycles. The van der Waals surface area contributed by atoms with Crippen LogP contribution in [0.5, 0.6) is 0 Å². The number of nitro groups is 1. The van der Waals surface area contributed by atoms with E-state index in [1.807, 2.05) is 13.8 Å². The number of Topliss-reactive ketones (excluding diaryl/α,β-unsaturated/α-hetero) is 1. The van der Waals surface area contributed by atoms with Crippen LogP contribution < -0.4 is 0 Å². The predicted molar refractivity (Wildman–Crippen MR) is 93.1 cm³/mol. The van der Waals surface area contributed by atoms with Crippen LogP contribution in [0.2, 0.25) is 0 Å². The maximum absolute atomic E-state index is 12.9. The van der Waals surface area contributed by atoms with Gasteiger partial charge in [0.05, 0.1) is 16.9 Å². The zero-order chi connectivity index (χ0) is 18.4. The van der Waals surface area contributed by atoms with Crippen LogP contribution >= 0.6 is 0 Å². The Morgan fingerprint density at radius 2 is 2.00 bits per heavy atom. The van der Waals surface area contributed by atoms with Crippen molar-refractivity contribution in [3.63, 3.8) is 0 Å². The summed E-state index contributed by atoms with van der Waals surface area (Å²) < 4.78 is 0. The predicted octanol–water partition coefficient (Wildman–Crippen LogP) is 3.94. The van der Waals surface area contributed by atoms with Crippen molar-refractivity contribution in [1.82, 2.24) is 0 Å². The van der Waals surface area contributed by atoms with Crippen molar-refractivity contribution in [2.75, 3.05) is 0 Å². The zero-order valence-electron chi connectivity index (χ0n) is 14.4. The number of nitriles is 1. The number of nitrogens with zero attached hydrogens (tertiary/aromatic N) is 3. The summed E-state index contributed by atoms with van der Waals surface area (Å²) >= 11 is 0. The molecule has 0 radical (unpaired) electrons. The normalized spacial score (nSPS) is 25.0. The molecule has 0 amide bonds. The number of rotatable bonds is 2. The smallest absolute Gasteiger partial charge is 0.273 e. The molecule has 2 aliphatic rings.